The maximum atomic E-state index is 9.41. The van der Waals surface area contributed by atoms with Gasteiger partial charge in [-0.05, 0) is 37.7 Å². The van der Waals surface area contributed by atoms with E-state index in [-0.39, 0.29) is 12.0 Å². The van der Waals surface area contributed by atoms with E-state index in [2.05, 4.69) is 22.7 Å². The molecule has 1 aromatic rings. The molecule has 3 N–H and O–H groups in total. The Morgan fingerprint density at radius 1 is 1.30 bits per heavy atom. The minimum Gasteiger partial charge on any atom is -0.396 e. The van der Waals surface area contributed by atoms with Crippen LogP contribution in [0.25, 0.3) is 0 Å². The number of aliphatic imine (C=N–C) groups is 1. The number of guanidine groups is 1. The lowest BCUT2D eigenvalue weighted by atomic mass is 9.72. The summed E-state index contributed by atoms with van der Waals surface area (Å²) in [7, 11) is 0. The Balaban J connectivity index is 1.87. The SMILES string of the molecule is CCNC(=NCC1(CCO)CCCCC1)NCCn1cccn1. The number of aliphatic hydroxyl groups is 1. The Kier molecular flexibility index (Phi) is 7.39. The quantitative estimate of drug-likeness (QED) is 0.504. The van der Waals surface area contributed by atoms with Gasteiger partial charge in [-0.25, -0.2) is 0 Å². The van der Waals surface area contributed by atoms with E-state index in [0.29, 0.717) is 0 Å². The minimum atomic E-state index is 0.192. The van der Waals surface area contributed by atoms with Gasteiger partial charge in [0.05, 0.1) is 6.54 Å². The average molecular weight is 321 g/mol. The molecule has 6 nitrogen and oxygen atoms in total. The first-order valence-corrected chi connectivity index (χ1v) is 8.88. The highest BCUT2D eigenvalue weighted by Crippen LogP contribution is 2.39. The number of hydrogen-bond acceptors (Lipinski definition) is 3. The predicted octanol–water partition coefficient (Wildman–Crippen LogP) is 1.77. The number of rotatable bonds is 8. The molecule has 1 aromatic heterocycles. The highest BCUT2D eigenvalue weighted by Gasteiger charge is 2.31. The molecular formula is C17H31N5O. The molecule has 23 heavy (non-hydrogen) atoms. The monoisotopic (exact) mass is 321 g/mol. The molecule has 1 aliphatic carbocycles. The number of aliphatic hydroxyl groups excluding tert-OH is 1. The van der Waals surface area contributed by atoms with E-state index in [0.717, 1.165) is 38.6 Å². The number of hydrogen-bond donors (Lipinski definition) is 3. The zero-order valence-corrected chi connectivity index (χ0v) is 14.3. The first-order valence-electron chi connectivity index (χ1n) is 8.88. The number of aromatic nitrogens is 2. The highest BCUT2D eigenvalue weighted by atomic mass is 16.3. The van der Waals surface area contributed by atoms with Gasteiger partial charge in [0.1, 0.15) is 0 Å². The summed E-state index contributed by atoms with van der Waals surface area (Å²) in [5, 5.41) is 20.3. The molecule has 0 spiro atoms. The van der Waals surface area contributed by atoms with Crippen LogP contribution in [0.3, 0.4) is 0 Å². The lowest BCUT2D eigenvalue weighted by Gasteiger charge is -2.35. The van der Waals surface area contributed by atoms with Crippen LogP contribution >= 0.6 is 0 Å². The Morgan fingerprint density at radius 3 is 2.78 bits per heavy atom. The molecule has 1 saturated carbocycles. The molecule has 0 atom stereocenters. The standard InChI is InChI=1S/C17H31N5O/c1-2-18-16(19-11-13-22-12-6-10-21-22)20-15-17(9-14-23)7-4-3-5-8-17/h6,10,12,23H,2-5,7-9,11,13-15H2,1H3,(H2,18,19,20). The van der Waals surface area contributed by atoms with Gasteiger partial charge in [0.2, 0.25) is 0 Å². The van der Waals surface area contributed by atoms with Gasteiger partial charge in [-0.1, -0.05) is 19.3 Å². The van der Waals surface area contributed by atoms with Crippen LogP contribution in [0.4, 0.5) is 0 Å². The van der Waals surface area contributed by atoms with Crippen molar-refractivity contribution < 1.29 is 5.11 Å². The van der Waals surface area contributed by atoms with Gasteiger partial charge in [0.25, 0.3) is 0 Å². The van der Waals surface area contributed by atoms with E-state index in [1.54, 1.807) is 6.20 Å². The maximum absolute atomic E-state index is 9.41. The zero-order valence-electron chi connectivity index (χ0n) is 14.3. The molecule has 0 radical (unpaired) electrons. The van der Waals surface area contributed by atoms with Gasteiger partial charge < -0.3 is 15.7 Å². The van der Waals surface area contributed by atoms with Gasteiger partial charge in [-0.15, -0.1) is 0 Å². The van der Waals surface area contributed by atoms with Gasteiger partial charge >= 0.3 is 0 Å². The molecule has 1 aliphatic rings. The Morgan fingerprint density at radius 2 is 2.13 bits per heavy atom. The minimum absolute atomic E-state index is 0.192. The Hall–Kier alpha value is -1.56. The molecule has 1 heterocycles. The lowest BCUT2D eigenvalue weighted by molar-refractivity contribution is 0.137. The maximum Gasteiger partial charge on any atom is 0.191 e. The highest BCUT2D eigenvalue weighted by molar-refractivity contribution is 5.79. The fourth-order valence-electron chi connectivity index (χ4n) is 3.34. The van der Waals surface area contributed by atoms with Gasteiger partial charge in [-0.2, -0.15) is 5.10 Å². The van der Waals surface area contributed by atoms with Crippen molar-refractivity contribution >= 4 is 5.96 Å². The summed E-state index contributed by atoms with van der Waals surface area (Å²) in [5.41, 5.74) is 0.192. The van der Waals surface area contributed by atoms with Crippen LogP contribution in [0.5, 0.6) is 0 Å². The van der Waals surface area contributed by atoms with E-state index >= 15 is 0 Å². The molecule has 0 unspecified atom stereocenters. The average Bonchev–Trinajstić information content (AvgIpc) is 3.07. The van der Waals surface area contributed by atoms with E-state index in [1.807, 2.05) is 16.9 Å². The van der Waals surface area contributed by atoms with Crippen LogP contribution < -0.4 is 10.6 Å². The summed E-state index contributed by atoms with van der Waals surface area (Å²) in [6.07, 6.45) is 10.8. The largest absolute Gasteiger partial charge is 0.396 e. The summed E-state index contributed by atoms with van der Waals surface area (Å²) in [5.74, 6) is 0.863. The van der Waals surface area contributed by atoms with Crippen molar-refractivity contribution in [2.24, 2.45) is 10.4 Å². The van der Waals surface area contributed by atoms with Crippen LogP contribution in [0, 0.1) is 5.41 Å². The molecular weight excluding hydrogens is 290 g/mol. The van der Waals surface area contributed by atoms with Crippen molar-refractivity contribution in [3.05, 3.63) is 18.5 Å². The van der Waals surface area contributed by atoms with Gasteiger partial charge in [0.15, 0.2) is 5.96 Å². The summed E-state index contributed by atoms with van der Waals surface area (Å²) in [6.45, 7) is 5.60. The molecule has 0 aromatic carbocycles. The van der Waals surface area contributed by atoms with Crippen molar-refractivity contribution in [3.63, 3.8) is 0 Å². The second kappa shape index (κ2) is 9.55. The van der Waals surface area contributed by atoms with Crippen molar-refractivity contribution in [1.29, 1.82) is 0 Å². The van der Waals surface area contributed by atoms with E-state index < -0.39 is 0 Å². The molecule has 1 fully saturated rings. The molecule has 6 heteroatoms. The van der Waals surface area contributed by atoms with Crippen molar-refractivity contribution in [1.82, 2.24) is 20.4 Å². The zero-order chi connectivity index (χ0) is 16.4. The first-order chi connectivity index (χ1) is 11.3. The van der Waals surface area contributed by atoms with Gasteiger partial charge in [0, 0.05) is 38.6 Å². The second-order valence-corrected chi connectivity index (χ2v) is 6.43. The predicted molar refractivity (Wildman–Crippen MR) is 93.4 cm³/mol. The van der Waals surface area contributed by atoms with Crippen LogP contribution in [0.15, 0.2) is 23.5 Å². The number of nitrogens with one attached hydrogen (secondary N) is 2. The smallest absolute Gasteiger partial charge is 0.191 e. The molecule has 0 saturated heterocycles. The Bertz CT molecular complexity index is 446. The van der Waals surface area contributed by atoms with E-state index in [4.69, 9.17) is 4.99 Å². The van der Waals surface area contributed by atoms with Crippen molar-refractivity contribution in [3.8, 4) is 0 Å². The van der Waals surface area contributed by atoms with Crippen molar-refractivity contribution in [2.75, 3.05) is 26.2 Å². The fourth-order valence-corrected chi connectivity index (χ4v) is 3.34. The lowest BCUT2D eigenvalue weighted by Crippen LogP contribution is -2.40. The normalized spacial score (nSPS) is 17.9. The van der Waals surface area contributed by atoms with Crippen LogP contribution in [0.2, 0.25) is 0 Å². The molecule has 2 rings (SSSR count). The molecule has 0 aliphatic heterocycles. The molecule has 0 bridgehead atoms. The van der Waals surface area contributed by atoms with Crippen LogP contribution in [-0.4, -0.2) is 47.1 Å². The van der Waals surface area contributed by atoms with Crippen molar-refractivity contribution in [2.45, 2.75) is 52.0 Å². The third-order valence-corrected chi connectivity index (χ3v) is 4.67. The second-order valence-electron chi connectivity index (χ2n) is 6.43. The summed E-state index contributed by atoms with van der Waals surface area (Å²) < 4.78 is 1.91. The van der Waals surface area contributed by atoms with Crippen LogP contribution in [0.1, 0.15) is 45.4 Å². The summed E-state index contributed by atoms with van der Waals surface area (Å²) >= 11 is 0. The summed E-state index contributed by atoms with van der Waals surface area (Å²) in [6, 6.07) is 1.93. The van der Waals surface area contributed by atoms with Gasteiger partial charge in [-0.3, -0.25) is 9.67 Å². The first kappa shape index (κ1) is 17.8. The fraction of sp³-hybridized carbons (Fsp3) is 0.765. The Labute approximate surface area is 139 Å². The molecule has 130 valence electrons. The van der Waals surface area contributed by atoms with Crippen LogP contribution in [-0.2, 0) is 6.54 Å². The number of nitrogens with zero attached hydrogens (tertiary/aromatic N) is 3. The third-order valence-electron chi connectivity index (χ3n) is 4.67. The van der Waals surface area contributed by atoms with E-state index in [1.165, 1.54) is 32.1 Å². The third kappa shape index (κ3) is 5.86. The summed E-state index contributed by atoms with van der Waals surface area (Å²) in [4.78, 5) is 4.80. The van der Waals surface area contributed by atoms with E-state index in [9.17, 15) is 5.11 Å². The topological polar surface area (TPSA) is 74.5 Å². The molecule has 0 amide bonds.